The van der Waals surface area contributed by atoms with Crippen molar-refractivity contribution in [1.82, 2.24) is 0 Å². The predicted molar refractivity (Wildman–Crippen MR) is 114 cm³/mol. The Morgan fingerprint density at radius 2 is 1.41 bits per heavy atom. The van der Waals surface area contributed by atoms with Crippen molar-refractivity contribution in [2.24, 2.45) is 4.99 Å². The Morgan fingerprint density at radius 1 is 0.759 bits per heavy atom. The average molecular weight is 404 g/mol. The Morgan fingerprint density at radius 3 is 2.10 bits per heavy atom. The zero-order valence-corrected chi connectivity index (χ0v) is 17.3. The van der Waals surface area contributed by atoms with Gasteiger partial charge in [0.2, 0.25) is 15.4 Å². The highest BCUT2D eigenvalue weighted by Gasteiger charge is 2.22. The number of sulfone groups is 1. The van der Waals surface area contributed by atoms with Gasteiger partial charge in [0.05, 0.1) is 10.6 Å². The van der Waals surface area contributed by atoms with Gasteiger partial charge >= 0.3 is 0 Å². The van der Waals surface area contributed by atoms with Crippen molar-refractivity contribution < 1.29 is 12.8 Å². The summed E-state index contributed by atoms with van der Waals surface area (Å²) in [5.74, 6) is 0. The minimum atomic E-state index is -3.81. The molecule has 0 bridgehead atoms. The number of para-hydroxylation sites is 1. The maximum absolute atomic E-state index is 13.4. The number of hydrogen-bond acceptors (Lipinski definition) is 4. The molecule has 3 aromatic carbocycles. The van der Waals surface area contributed by atoms with Gasteiger partial charge in [-0.25, -0.2) is 13.4 Å². The first-order valence-electron chi connectivity index (χ1n) is 9.31. The summed E-state index contributed by atoms with van der Waals surface area (Å²) < 4.78 is 32.8. The first-order valence-corrected chi connectivity index (χ1v) is 10.8. The van der Waals surface area contributed by atoms with Crippen molar-refractivity contribution in [3.05, 3.63) is 95.0 Å². The van der Waals surface area contributed by atoms with E-state index in [0.717, 1.165) is 16.7 Å². The van der Waals surface area contributed by atoms with Gasteiger partial charge in [-0.1, -0.05) is 42.0 Å². The van der Waals surface area contributed by atoms with E-state index in [9.17, 15) is 8.42 Å². The Balaban J connectivity index is 2.03. The van der Waals surface area contributed by atoms with Crippen LogP contribution in [0.3, 0.4) is 0 Å². The van der Waals surface area contributed by atoms with Crippen LogP contribution in [0.4, 0.5) is 5.69 Å². The van der Waals surface area contributed by atoms with E-state index in [1.165, 1.54) is 0 Å². The Labute approximate surface area is 170 Å². The van der Waals surface area contributed by atoms with E-state index in [4.69, 9.17) is 4.42 Å². The lowest BCUT2D eigenvalue weighted by Gasteiger charge is -2.08. The van der Waals surface area contributed by atoms with Gasteiger partial charge in [-0.15, -0.1) is 0 Å². The van der Waals surface area contributed by atoms with Gasteiger partial charge in [0.1, 0.15) is 10.5 Å². The van der Waals surface area contributed by atoms with Gasteiger partial charge in [-0.05, 0) is 68.3 Å². The van der Waals surface area contributed by atoms with Gasteiger partial charge in [0.15, 0.2) is 0 Å². The molecule has 1 heterocycles. The van der Waals surface area contributed by atoms with Crippen LogP contribution in [0.1, 0.15) is 16.7 Å². The number of aryl methyl sites for hydroxylation is 3. The third-order valence-corrected chi connectivity index (χ3v) is 6.45. The van der Waals surface area contributed by atoms with E-state index in [0.29, 0.717) is 16.7 Å². The summed E-state index contributed by atoms with van der Waals surface area (Å²) in [5, 5.41) is 0.706. The van der Waals surface area contributed by atoms with Gasteiger partial charge < -0.3 is 4.42 Å². The summed E-state index contributed by atoms with van der Waals surface area (Å²) in [6, 6.07) is 21.6. The van der Waals surface area contributed by atoms with Gasteiger partial charge in [-0.3, -0.25) is 0 Å². The summed E-state index contributed by atoms with van der Waals surface area (Å²) in [5.41, 5.74) is 4.40. The van der Waals surface area contributed by atoms with Crippen LogP contribution in [0.25, 0.3) is 11.0 Å². The highest BCUT2D eigenvalue weighted by molar-refractivity contribution is 7.91. The molecular formula is C24H21NO3S. The normalized spacial score (nSPS) is 12.4. The standard InChI is InChI=1S/C24H21NO3S/c1-16-8-10-21(11-9-16)29(26,27)23-15-19-6-4-5-7-22(19)28-24(23)25-20-13-17(2)12-18(3)14-20/h4-15H,1-3H3. The molecule has 0 N–H and O–H groups in total. The van der Waals surface area contributed by atoms with Crippen LogP contribution in [-0.2, 0) is 9.84 Å². The van der Waals surface area contributed by atoms with Crippen LogP contribution in [0.2, 0.25) is 0 Å². The SMILES string of the molecule is Cc1ccc(S(=O)(=O)c2cc3ccccc3oc2=Nc2cc(C)cc(C)c2)cc1. The lowest BCUT2D eigenvalue weighted by atomic mass is 10.1. The first-order chi connectivity index (χ1) is 13.8. The summed E-state index contributed by atoms with van der Waals surface area (Å²) in [7, 11) is -3.81. The fourth-order valence-corrected chi connectivity index (χ4v) is 4.65. The smallest absolute Gasteiger partial charge is 0.239 e. The number of hydrogen-bond donors (Lipinski definition) is 0. The van der Waals surface area contributed by atoms with Crippen molar-refractivity contribution >= 4 is 26.5 Å². The van der Waals surface area contributed by atoms with Gasteiger partial charge in [0.25, 0.3) is 0 Å². The highest BCUT2D eigenvalue weighted by Crippen LogP contribution is 2.24. The minimum Gasteiger partial charge on any atom is -0.437 e. The van der Waals surface area contributed by atoms with Crippen molar-refractivity contribution in [3.63, 3.8) is 0 Å². The van der Waals surface area contributed by atoms with Crippen LogP contribution < -0.4 is 5.55 Å². The molecule has 0 saturated carbocycles. The molecule has 0 amide bonds. The zero-order valence-electron chi connectivity index (χ0n) is 16.5. The van der Waals surface area contributed by atoms with Crippen molar-refractivity contribution in [2.75, 3.05) is 0 Å². The third kappa shape index (κ3) is 3.87. The Bertz CT molecular complexity index is 1360. The second-order valence-electron chi connectivity index (χ2n) is 7.23. The largest absolute Gasteiger partial charge is 0.437 e. The van der Waals surface area contributed by atoms with E-state index >= 15 is 0 Å². The number of nitrogens with zero attached hydrogens (tertiary/aromatic N) is 1. The van der Waals surface area contributed by atoms with E-state index in [2.05, 4.69) is 4.99 Å². The first kappa shape index (κ1) is 19.2. The fraction of sp³-hybridized carbons (Fsp3) is 0.125. The molecule has 0 spiro atoms. The zero-order chi connectivity index (χ0) is 20.6. The monoisotopic (exact) mass is 403 g/mol. The van der Waals surface area contributed by atoms with Crippen LogP contribution in [0.15, 0.2) is 92.0 Å². The maximum Gasteiger partial charge on any atom is 0.239 e. The van der Waals surface area contributed by atoms with E-state index < -0.39 is 9.84 Å². The predicted octanol–water partition coefficient (Wildman–Crippen LogP) is 5.42. The molecule has 4 nitrogen and oxygen atoms in total. The lowest BCUT2D eigenvalue weighted by Crippen LogP contribution is -2.15. The van der Waals surface area contributed by atoms with Crippen molar-refractivity contribution in [3.8, 4) is 0 Å². The lowest BCUT2D eigenvalue weighted by molar-refractivity contribution is 0.517. The summed E-state index contributed by atoms with van der Waals surface area (Å²) >= 11 is 0. The molecule has 0 fully saturated rings. The number of rotatable bonds is 3. The molecule has 0 atom stereocenters. The molecule has 0 aliphatic heterocycles. The average Bonchev–Trinajstić information content (AvgIpc) is 2.67. The molecule has 0 aliphatic rings. The molecule has 0 saturated heterocycles. The number of fused-ring (bicyclic) bond motifs is 1. The summed E-state index contributed by atoms with van der Waals surface area (Å²) in [6.45, 7) is 5.88. The highest BCUT2D eigenvalue weighted by atomic mass is 32.2. The van der Waals surface area contributed by atoms with E-state index in [1.807, 2.05) is 57.2 Å². The third-order valence-electron chi connectivity index (χ3n) is 4.68. The second kappa shape index (κ2) is 7.33. The molecule has 0 unspecified atom stereocenters. The Hall–Kier alpha value is -3.18. The van der Waals surface area contributed by atoms with Crippen molar-refractivity contribution in [1.29, 1.82) is 0 Å². The van der Waals surface area contributed by atoms with E-state index in [-0.39, 0.29) is 15.3 Å². The van der Waals surface area contributed by atoms with Gasteiger partial charge in [-0.2, -0.15) is 0 Å². The number of benzene rings is 3. The summed E-state index contributed by atoms with van der Waals surface area (Å²) in [6.07, 6.45) is 0. The fourth-order valence-electron chi connectivity index (χ4n) is 3.30. The Kier molecular flexibility index (Phi) is 4.84. The molecule has 1 aromatic heterocycles. The van der Waals surface area contributed by atoms with E-state index in [1.54, 1.807) is 36.4 Å². The molecule has 0 aliphatic carbocycles. The molecule has 4 rings (SSSR count). The van der Waals surface area contributed by atoms with Gasteiger partial charge in [0, 0.05) is 5.39 Å². The summed E-state index contributed by atoms with van der Waals surface area (Å²) in [4.78, 5) is 4.84. The molecule has 5 heteroatoms. The molecule has 4 aromatic rings. The van der Waals surface area contributed by atoms with Crippen LogP contribution >= 0.6 is 0 Å². The molecule has 29 heavy (non-hydrogen) atoms. The second-order valence-corrected chi connectivity index (χ2v) is 9.15. The van der Waals surface area contributed by atoms with Crippen LogP contribution in [-0.4, -0.2) is 8.42 Å². The van der Waals surface area contributed by atoms with Crippen LogP contribution in [0.5, 0.6) is 0 Å². The maximum atomic E-state index is 13.4. The van der Waals surface area contributed by atoms with Crippen LogP contribution in [0, 0.1) is 20.8 Å². The topological polar surface area (TPSA) is 59.6 Å². The minimum absolute atomic E-state index is 0.0548. The molecule has 0 radical (unpaired) electrons. The quantitative estimate of drug-likeness (QED) is 0.459. The van der Waals surface area contributed by atoms with Crippen molar-refractivity contribution in [2.45, 2.75) is 30.6 Å². The molecular weight excluding hydrogens is 382 g/mol. The molecule has 146 valence electrons.